The highest BCUT2D eigenvalue weighted by atomic mass is 32.2. The Labute approximate surface area is 302 Å². The van der Waals surface area contributed by atoms with Crippen molar-refractivity contribution in [2.24, 2.45) is 0 Å². The second-order valence-electron chi connectivity index (χ2n) is 12.3. The van der Waals surface area contributed by atoms with Gasteiger partial charge in [0.1, 0.15) is 41.8 Å². The number of hydrogen-bond donors (Lipinski definition) is 2. The van der Waals surface area contributed by atoms with Gasteiger partial charge < -0.3 is 29.4 Å². The molecule has 2 amide bonds. The van der Waals surface area contributed by atoms with Crippen LogP contribution in [0.3, 0.4) is 0 Å². The smallest absolute Gasteiger partial charge is 0.356 e. The summed E-state index contributed by atoms with van der Waals surface area (Å²) >= 11 is 4.07. The number of halogens is 1. The fraction of sp³-hybridized carbons (Fsp3) is 0.394. The number of nitrogens with zero attached hydrogens (tertiary/aromatic N) is 4. The molecule has 0 saturated carbocycles. The maximum Gasteiger partial charge on any atom is 0.356 e. The Kier molecular flexibility index (Phi) is 9.59. The van der Waals surface area contributed by atoms with E-state index >= 15 is 4.39 Å². The number of aromatic carboxylic acids is 1. The summed E-state index contributed by atoms with van der Waals surface area (Å²) in [4.78, 5) is 81.7. The molecule has 2 fully saturated rings. The fourth-order valence-corrected chi connectivity index (χ4v) is 9.76. The molecule has 0 spiro atoms. The number of anilines is 1. The third-order valence-corrected chi connectivity index (χ3v) is 12.5. The molecule has 0 aliphatic carbocycles. The zero-order valence-corrected chi connectivity index (χ0v) is 29.8. The van der Waals surface area contributed by atoms with Crippen LogP contribution in [0.5, 0.6) is 0 Å². The summed E-state index contributed by atoms with van der Waals surface area (Å²) in [5.74, 6) is -3.79. The predicted octanol–water partition coefficient (Wildman–Crippen LogP) is 2.61. The predicted molar refractivity (Wildman–Crippen MR) is 187 cm³/mol. The van der Waals surface area contributed by atoms with E-state index < -0.39 is 46.5 Å². The number of aromatic nitrogens is 1. The van der Waals surface area contributed by atoms with Crippen molar-refractivity contribution in [2.75, 3.05) is 50.2 Å². The molecule has 4 aliphatic rings. The number of fused-ring (bicyclic) bond motifs is 4. The highest BCUT2D eigenvalue weighted by molar-refractivity contribution is 8.00. The summed E-state index contributed by atoms with van der Waals surface area (Å²) < 4.78 is 28.0. The van der Waals surface area contributed by atoms with Crippen LogP contribution in [0.4, 0.5) is 10.1 Å². The number of carbonyl (C=O) groups is 5. The molecule has 6 heterocycles. The summed E-state index contributed by atoms with van der Waals surface area (Å²) in [6.07, 6.45) is 0.135. The Hall–Kier alpha value is -4.39. The van der Waals surface area contributed by atoms with Gasteiger partial charge >= 0.3 is 17.9 Å². The average Bonchev–Trinajstić information content (AvgIpc) is 3.61. The number of carboxylic acid groups (broad SMARTS) is 1. The van der Waals surface area contributed by atoms with Crippen LogP contribution in [0, 0.1) is 5.82 Å². The number of carboxylic acids is 1. The van der Waals surface area contributed by atoms with Crippen LogP contribution in [0.2, 0.25) is 0 Å². The second-order valence-corrected chi connectivity index (χ2v) is 15.8. The van der Waals surface area contributed by atoms with E-state index in [1.807, 2.05) is 34.2 Å². The van der Waals surface area contributed by atoms with Crippen LogP contribution in [0.15, 0.2) is 50.7 Å². The van der Waals surface area contributed by atoms with E-state index in [0.717, 1.165) is 10.9 Å². The first-order valence-corrected chi connectivity index (χ1v) is 18.8. The monoisotopic (exact) mass is 757 g/mol. The molecule has 14 nitrogen and oxygen atoms in total. The zero-order chi connectivity index (χ0) is 36.1. The number of carbonyl (C=O) groups excluding carboxylic acids is 4. The first-order valence-electron chi connectivity index (χ1n) is 16.0. The van der Waals surface area contributed by atoms with E-state index in [0.29, 0.717) is 42.3 Å². The molecule has 2 N–H and O–H groups in total. The van der Waals surface area contributed by atoms with Gasteiger partial charge in [-0.05, 0) is 30.5 Å². The van der Waals surface area contributed by atoms with Crippen LogP contribution in [-0.2, 0) is 35.1 Å². The van der Waals surface area contributed by atoms with E-state index in [-0.39, 0.29) is 59.1 Å². The summed E-state index contributed by atoms with van der Waals surface area (Å²) in [5.41, 5.74) is 0.0836. The van der Waals surface area contributed by atoms with Crippen LogP contribution in [0.1, 0.15) is 34.5 Å². The lowest BCUT2D eigenvalue weighted by Gasteiger charge is -2.49. The molecule has 1 aromatic carbocycles. The molecule has 0 radical (unpaired) electrons. The number of pyridine rings is 1. The molecule has 7 rings (SSSR count). The van der Waals surface area contributed by atoms with Gasteiger partial charge in [0.05, 0.1) is 28.0 Å². The van der Waals surface area contributed by atoms with Crippen molar-refractivity contribution in [2.45, 2.75) is 42.1 Å². The topological polar surface area (TPSA) is 168 Å². The lowest BCUT2D eigenvalue weighted by molar-refractivity contribution is -0.155. The van der Waals surface area contributed by atoms with Gasteiger partial charge in [-0.2, -0.15) is 0 Å². The SMILES string of the molecule is CC(=O)OCC1=C(C(=O)OCN2CCN(c3cc4c(cc3F)c(=O)c(C(=O)O)c3n4C(C)S3)CC2)N2C(=O)[C@@H](NC(=O)Cc3cccs3)[C@H]2SC1. The number of esters is 2. The standard InChI is InChI=1S/C33H32FN5O9S3/c1-16-38-22-12-23(21(34)11-20(22)28(42)25(32(44)45)30(38)51-16)37-7-5-36(6-8-37)15-48-33(46)27-18(13-47-17(2)40)14-50-31-26(29(43)39(27)31)35-24(41)10-19-4-3-9-49-19/h3-4,9,11-12,16,26,31H,5-8,10,13-15H2,1-2H3,(H,35,41)(H,44,45)/t16?,26-,31-/m1/s1. The maximum absolute atomic E-state index is 15.4. The number of ether oxygens (including phenoxy) is 2. The van der Waals surface area contributed by atoms with Crippen molar-refractivity contribution in [3.05, 3.63) is 67.4 Å². The number of piperazine rings is 1. The number of amides is 2. The number of thiophene rings is 1. The number of β-lactam (4-membered cyclic amide) rings is 1. The van der Waals surface area contributed by atoms with E-state index in [9.17, 15) is 33.9 Å². The number of benzene rings is 1. The van der Waals surface area contributed by atoms with E-state index in [1.165, 1.54) is 46.7 Å². The normalized spacial score (nSPS) is 21.4. The van der Waals surface area contributed by atoms with E-state index in [2.05, 4.69) is 5.32 Å². The first kappa shape index (κ1) is 35.0. The van der Waals surface area contributed by atoms with Gasteiger partial charge in [0.2, 0.25) is 11.3 Å². The Bertz CT molecular complexity index is 2060. The van der Waals surface area contributed by atoms with Crippen LogP contribution >= 0.6 is 34.9 Å². The van der Waals surface area contributed by atoms with E-state index in [1.54, 1.807) is 10.6 Å². The molecule has 2 saturated heterocycles. The van der Waals surface area contributed by atoms with Crippen LogP contribution in [-0.4, -0.2) is 106 Å². The molecular weight excluding hydrogens is 726 g/mol. The molecule has 2 aromatic heterocycles. The van der Waals surface area contributed by atoms with Gasteiger partial charge in [-0.25, -0.2) is 14.0 Å². The van der Waals surface area contributed by atoms with Crippen molar-refractivity contribution < 1.29 is 42.9 Å². The van der Waals surface area contributed by atoms with Gasteiger partial charge in [0, 0.05) is 54.7 Å². The molecule has 3 aromatic rings. The van der Waals surface area contributed by atoms with Crippen LogP contribution in [0.25, 0.3) is 10.9 Å². The highest BCUT2D eigenvalue weighted by Gasteiger charge is 2.54. The third-order valence-electron chi connectivity index (χ3n) is 9.10. The minimum atomic E-state index is -1.35. The lowest BCUT2D eigenvalue weighted by Crippen LogP contribution is -2.70. The summed E-state index contributed by atoms with van der Waals surface area (Å²) in [6.45, 7) is 4.33. The Morgan fingerprint density at radius 1 is 1.10 bits per heavy atom. The molecule has 3 atom stereocenters. The maximum atomic E-state index is 15.4. The van der Waals surface area contributed by atoms with E-state index in [4.69, 9.17) is 9.47 Å². The number of rotatable bonds is 10. The van der Waals surface area contributed by atoms with Crippen molar-refractivity contribution in [3.63, 3.8) is 0 Å². The second kappa shape index (κ2) is 14.0. The highest BCUT2D eigenvalue weighted by Crippen LogP contribution is 2.47. The van der Waals surface area contributed by atoms with Crippen molar-refractivity contribution in [1.29, 1.82) is 0 Å². The fourth-order valence-electron chi connectivity index (χ4n) is 6.57. The minimum Gasteiger partial charge on any atom is -0.477 e. The van der Waals surface area contributed by atoms with Gasteiger partial charge in [-0.15, -0.1) is 23.1 Å². The van der Waals surface area contributed by atoms with Crippen molar-refractivity contribution >= 4 is 81.2 Å². The summed E-state index contributed by atoms with van der Waals surface area (Å²) in [5, 5.41) is 14.0. The number of nitrogens with one attached hydrogen (secondary N) is 1. The first-order chi connectivity index (χ1) is 24.4. The lowest BCUT2D eigenvalue weighted by atomic mass is 10.0. The average molecular weight is 758 g/mol. The Morgan fingerprint density at radius 3 is 2.53 bits per heavy atom. The number of thioether (sulfide) groups is 2. The van der Waals surface area contributed by atoms with Crippen LogP contribution < -0.4 is 15.6 Å². The number of hydrogen-bond acceptors (Lipinski definition) is 13. The van der Waals surface area contributed by atoms with Gasteiger partial charge in [-0.1, -0.05) is 17.8 Å². The van der Waals surface area contributed by atoms with Gasteiger partial charge in [0.25, 0.3) is 5.91 Å². The molecule has 4 aliphatic heterocycles. The molecule has 18 heteroatoms. The summed E-state index contributed by atoms with van der Waals surface area (Å²) in [6, 6.07) is 5.54. The molecule has 51 heavy (non-hydrogen) atoms. The largest absolute Gasteiger partial charge is 0.477 e. The quantitative estimate of drug-likeness (QED) is 0.229. The Morgan fingerprint density at radius 2 is 1.86 bits per heavy atom. The Balaban J connectivity index is 1.01. The van der Waals surface area contributed by atoms with Gasteiger partial charge in [0.15, 0.2) is 0 Å². The molecule has 1 unspecified atom stereocenters. The minimum absolute atomic E-state index is 0.00377. The third kappa shape index (κ3) is 6.49. The molecule has 0 bridgehead atoms. The summed E-state index contributed by atoms with van der Waals surface area (Å²) in [7, 11) is 0. The molecule has 268 valence electrons. The van der Waals surface area contributed by atoms with Gasteiger partial charge in [-0.3, -0.25) is 29.0 Å². The van der Waals surface area contributed by atoms with Crippen molar-refractivity contribution in [1.82, 2.24) is 19.7 Å². The van der Waals surface area contributed by atoms with Crippen molar-refractivity contribution in [3.8, 4) is 0 Å². The zero-order valence-electron chi connectivity index (χ0n) is 27.4. The molecular formula is C33H32FN5O9S3.